The van der Waals surface area contributed by atoms with E-state index in [1.807, 2.05) is 6.07 Å². The van der Waals surface area contributed by atoms with E-state index in [1.165, 1.54) is 11.8 Å². The van der Waals surface area contributed by atoms with E-state index in [-0.39, 0.29) is 11.7 Å². The Bertz CT molecular complexity index is 610. The second-order valence-corrected chi connectivity index (χ2v) is 4.47. The summed E-state index contributed by atoms with van der Waals surface area (Å²) in [6.07, 6.45) is 3.25. The smallest absolute Gasteiger partial charge is 0.234 e. The average Bonchev–Trinajstić information content (AvgIpc) is 2.47. The van der Waals surface area contributed by atoms with Gasteiger partial charge in [-0.15, -0.1) is 0 Å². The third-order valence-corrected chi connectivity index (χ3v) is 3.07. The van der Waals surface area contributed by atoms with Crippen molar-refractivity contribution in [1.29, 1.82) is 5.26 Å². The molecule has 1 heterocycles. The summed E-state index contributed by atoms with van der Waals surface area (Å²) < 4.78 is 0. The van der Waals surface area contributed by atoms with E-state index in [0.29, 0.717) is 16.4 Å². The molecule has 0 unspecified atom stereocenters. The summed E-state index contributed by atoms with van der Waals surface area (Å²) in [4.78, 5) is 19.8. The van der Waals surface area contributed by atoms with E-state index in [4.69, 9.17) is 5.26 Å². The fraction of sp³-hybridized carbons (Fsp3) is 0.0769. The van der Waals surface area contributed by atoms with Crippen LogP contribution in [0.15, 0.2) is 47.9 Å². The molecule has 0 atom stereocenters. The summed E-state index contributed by atoms with van der Waals surface area (Å²) in [6, 6.07) is 10.6. The van der Waals surface area contributed by atoms with Gasteiger partial charge in [-0.05, 0) is 18.2 Å². The van der Waals surface area contributed by atoms with Crippen molar-refractivity contribution in [2.75, 3.05) is 11.1 Å². The van der Waals surface area contributed by atoms with Crippen LogP contribution in [0.2, 0.25) is 0 Å². The Morgan fingerprint density at radius 1 is 1.26 bits per heavy atom. The minimum absolute atomic E-state index is 0.194. The number of nitriles is 1. The molecule has 1 amide bonds. The number of nitrogens with zero attached hydrogens (tertiary/aromatic N) is 3. The molecule has 19 heavy (non-hydrogen) atoms. The van der Waals surface area contributed by atoms with Crippen LogP contribution >= 0.6 is 11.8 Å². The molecule has 0 aliphatic heterocycles. The number of hydrogen-bond acceptors (Lipinski definition) is 5. The third-order valence-electron chi connectivity index (χ3n) is 2.20. The normalized spacial score (nSPS) is 9.63. The van der Waals surface area contributed by atoms with Gasteiger partial charge in [0, 0.05) is 12.4 Å². The van der Waals surface area contributed by atoms with Gasteiger partial charge in [0.1, 0.15) is 6.07 Å². The molecule has 0 fully saturated rings. The van der Waals surface area contributed by atoms with Gasteiger partial charge in [-0.1, -0.05) is 23.9 Å². The molecular formula is C13H10N4OS. The molecule has 1 aromatic heterocycles. The van der Waals surface area contributed by atoms with E-state index in [1.54, 1.807) is 42.7 Å². The first-order valence-electron chi connectivity index (χ1n) is 5.48. The zero-order valence-electron chi connectivity index (χ0n) is 9.91. The SMILES string of the molecule is N#Cc1ccccc1NC(=O)CSc1ncccn1. The van der Waals surface area contributed by atoms with Crippen molar-refractivity contribution in [3.05, 3.63) is 48.3 Å². The monoisotopic (exact) mass is 270 g/mol. The number of nitrogens with one attached hydrogen (secondary N) is 1. The minimum atomic E-state index is -0.194. The molecule has 1 aromatic carbocycles. The number of benzene rings is 1. The molecule has 0 aliphatic carbocycles. The highest BCUT2D eigenvalue weighted by atomic mass is 32.2. The van der Waals surface area contributed by atoms with E-state index in [9.17, 15) is 4.79 Å². The number of anilines is 1. The highest BCUT2D eigenvalue weighted by molar-refractivity contribution is 7.99. The number of thioether (sulfide) groups is 1. The number of aromatic nitrogens is 2. The summed E-state index contributed by atoms with van der Waals surface area (Å²) in [5.41, 5.74) is 0.960. The summed E-state index contributed by atoms with van der Waals surface area (Å²) in [7, 11) is 0. The summed E-state index contributed by atoms with van der Waals surface area (Å²) in [5.74, 6) is 0.00389. The van der Waals surface area contributed by atoms with Crippen LogP contribution < -0.4 is 5.32 Å². The van der Waals surface area contributed by atoms with Crippen LogP contribution in [-0.4, -0.2) is 21.6 Å². The molecule has 5 nitrogen and oxygen atoms in total. The lowest BCUT2D eigenvalue weighted by Crippen LogP contribution is -2.15. The van der Waals surface area contributed by atoms with Crippen LogP contribution in [0.3, 0.4) is 0 Å². The van der Waals surface area contributed by atoms with Crippen molar-refractivity contribution in [3.63, 3.8) is 0 Å². The van der Waals surface area contributed by atoms with Crippen molar-refractivity contribution in [3.8, 4) is 6.07 Å². The van der Waals surface area contributed by atoms with Gasteiger partial charge in [0.05, 0.1) is 17.0 Å². The predicted molar refractivity (Wildman–Crippen MR) is 72.5 cm³/mol. The Kier molecular flexibility index (Phi) is 4.48. The van der Waals surface area contributed by atoms with Crippen molar-refractivity contribution in [1.82, 2.24) is 9.97 Å². The van der Waals surface area contributed by atoms with Crippen LogP contribution in [0.5, 0.6) is 0 Å². The fourth-order valence-electron chi connectivity index (χ4n) is 1.37. The molecule has 0 spiro atoms. The molecule has 0 bridgehead atoms. The lowest BCUT2D eigenvalue weighted by Gasteiger charge is -2.05. The Labute approximate surface area is 114 Å². The maximum Gasteiger partial charge on any atom is 0.234 e. The average molecular weight is 270 g/mol. The fourth-order valence-corrected chi connectivity index (χ4v) is 1.97. The quantitative estimate of drug-likeness (QED) is 0.679. The van der Waals surface area contributed by atoms with Gasteiger partial charge in [0.2, 0.25) is 5.91 Å². The minimum Gasteiger partial charge on any atom is -0.324 e. The largest absolute Gasteiger partial charge is 0.324 e. The Hall–Kier alpha value is -2.39. The van der Waals surface area contributed by atoms with Gasteiger partial charge >= 0.3 is 0 Å². The standard InChI is InChI=1S/C13H10N4OS/c14-8-10-4-1-2-5-11(10)17-12(18)9-19-13-15-6-3-7-16-13/h1-7H,9H2,(H,17,18). The van der Waals surface area contributed by atoms with Crippen LogP contribution in [-0.2, 0) is 4.79 Å². The van der Waals surface area contributed by atoms with Crippen molar-refractivity contribution >= 4 is 23.4 Å². The van der Waals surface area contributed by atoms with Gasteiger partial charge in [-0.25, -0.2) is 9.97 Å². The van der Waals surface area contributed by atoms with Gasteiger partial charge < -0.3 is 5.32 Å². The number of carbonyl (C=O) groups excluding carboxylic acids is 1. The first kappa shape index (κ1) is 13.1. The number of carbonyl (C=O) groups is 1. The van der Waals surface area contributed by atoms with Gasteiger partial charge in [-0.3, -0.25) is 4.79 Å². The second-order valence-electron chi connectivity index (χ2n) is 3.53. The molecule has 2 rings (SSSR count). The number of hydrogen-bond donors (Lipinski definition) is 1. The number of rotatable bonds is 4. The maximum absolute atomic E-state index is 11.8. The van der Waals surface area contributed by atoms with Crippen molar-refractivity contribution in [2.45, 2.75) is 5.16 Å². The van der Waals surface area contributed by atoms with E-state index in [2.05, 4.69) is 15.3 Å². The first-order chi connectivity index (χ1) is 9.29. The Morgan fingerprint density at radius 2 is 2.00 bits per heavy atom. The number of para-hydroxylation sites is 1. The van der Waals surface area contributed by atoms with Crippen LogP contribution in [0, 0.1) is 11.3 Å². The van der Waals surface area contributed by atoms with Crippen molar-refractivity contribution in [2.24, 2.45) is 0 Å². The van der Waals surface area contributed by atoms with Crippen LogP contribution in [0.1, 0.15) is 5.56 Å². The molecule has 2 aromatic rings. The lowest BCUT2D eigenvalue weighted by atomic mass is 10.2. The lowest BCUT2D eigenvalue weighted by molar-refractivity contribution is -0.113. The van der Waals surface area contributed by atoms with Crippen molar-refractivity contribution < 1.29 is 4.79 Å². The first-order valence-corrected chi connectivity index (χ1v) is 6.47. The zero-order valence-corrected chi connectivity index (χ0v) is 10.7. The molecule has 94 valence electrons. The molecule has 0 radical (unpaired) electrons. The topological polar surface area (TPSA) is 78.7 Å². The Balaban J connectivity index is 1.93. The summed E-state index contributed by atoms with van der Waals surface area (Å²) in [6.45, 7) is 0. The van der Waals surface area contributed by atoms with Crippen LogP contribution in [0.25, 0.3) is 0 Å². The van der Waals surface area contributed by atoms with Gasteiger partial charge in [-0.2, -0.15) is 5.26 Å². The van der Waals surface area contributed by atoms with E-state index in [0.717, 1.165) is 0 Å². The zero-order chi connectivity index (χ0) is 13.5. The van der Waals surface area contributed by atoms with Gasteiger partial charge in [0.15, 0.2) is 5.16 Å². The molecular weight excluding hydrogens is 260 g/mol. The molecule has 1 N–H and O–H groups in total. The van der Waals surface area contributed by atoms with E-state index < -0.39 is 0 Å². The van der Waals surface area contributed by atoms with Gasteiger partial charge in [0.25, 0.3) is 0 Å². The molecule has 6 heteroatoms. The Morgan fingerprint density at radius 3 is 2.74 bits per heavy atom. The molecule has 0 saturated heterocycles. The predicted octanol–water partition coefficient (Wildman–Crippen LogP) is 2.08. The van der Waals surface area contributed by atoms with E-state index >= 15 is 0 Å². The second kappa shape index (κ2) is 6.52. The molecule has 0 saturated carbocycles. The van der Waals surface area contributed by atoms with Crippen LogP contribution in [0.4, 0.5) is 5.69 Å². The third kappa shape index (κ3) is 3.79. The highest BCUT2D eigenvalue weighted by Crippen LogP contribution is 2.15. The maximum atomic E-state index is 11.8. The summed E-state index contributed by atoms with van der Waals surface area (Å²) >= 11 is 1.24. The highest BCUT2D eigenvalue weighted by Gasteiger charge is 2.07. The summed E-state index contributed by atoms with van der Waals surface area (Å²) in [5, 5.41) is 12.2. The number of amides is 1. The molecule has 0 aliphatic rings.